The predicted molar refractivity (Wildman–Crippen MR) is 77.9 cm³/mol. The zero-order chi connectivity index (χ0) is 15.1. The second kappa shape index (κ2) is 7.47. The van der Waals surface area contributed by atoms with Crippen LogP contribution in [0.5, 0.6) is 5.75 Å². The topological polar surface area (TPSA) is 75.6 Å². The molecule has 1 amide bonds. The number of para-hydroxylation sites is 1. The van der Waals surface area contributed by atoms with Gasteiger partial charge in [0.05, 0.1) is 18.4 Å². The van der Waals surface area contributed by atoms with E-state index in [1.54, 1.807) is 0 Å². The predicted octanol–water partition coefficient (Wildman–Crippen LogP) is 1.85. The normalized spacial score (nSPS) is 20.8. The van der Waals surface area contributed by atoms with Gasteiger partial charge in [0.2, 0.25) is 5.91 Å². The van der Waals surface area contributed by atoms with E-state index in [2.05, 4.69) is 5.32 Å². The molecule has 1 aliphatic rings. The Labute approximate surface area is 123 Å². The first-order valence-electron chi connectivity index (χ1n) is 7.02. The number of hydrogen-bond acceptors (Lipinski definition) is 3. The molecule has 0 bridgehead atoms. The van der Waals surface area contributed by atoms with Crippen molar-refractivity contribution < 1.29 is 19.4 Å². The van der Waals surface area contributed by atoms with Crippen molar-refractivity contribution in [3.05, 3.63) is 42.5 Å². The maximum atomic E-state index is 12.1. The van der Waals surface area contributed by atoms with Crippen molar-refractivity contribution >= 4 is 11.9 Å². The lowest BCUT2D eigenvalue weighted by molar-refractivity contribution is -0.147. The molecule has 5 heteroatoms. The van der Waals surface area contributed by atoms with Crippen LogP contribution in [0.2, 0.25) is 0 Å². The summed E-state index contributed by atoms with van der Waals surface area (Å²) in [5, 5.41) is 11.9. The van der Waals surface area contributed by atoms with Gasteiger partial charge in [0.15, 0.2) is 0 Å². The Bertz CT molecular complexity index is 512. The van der Waals surface area contributed by atoms with E-state index in [0.29, 0.717) is 26.0 Å². The number of carbonyl (C=O) groups excluding carboxylic acids is 1. The fraction of sp³-hybridized carbons (Fsp3) is 0.375. The van der Waals surface area contributed by atoms with E-state index in [9.17, 15) is 9.59 Å². The molecular formula is C16H19NO4. The molecule has 2 N–H and O–H groups in total. The van der Waals surface area contributed by atoms with E-state index < -0.39 is 17.8 Å². The van der Waals surface area contributed by atoms with Gasteiger partial charge in [-0.05, 0) is 25.0 Å². The van der Waals surface area contributed by atoms with Crippen molar-refractivity contribution in [1.29, 1.82) is 0 Å². The molecule has 0 saturated heterocycles. The lowest BCUT2D eigenvalue weighted by Gasteiger charge is -2.24. The van der Waals surface area contributed by atoms with Gasteiger partial charge in [0.25, 0.3) is 0 Å². The molecule has 0 fully saturated rings. The number of carbonyl (C=O) groups is 2. The molecular weight excluding hydrogens is 270 g/mol. The quantitative estimate of drug-likeness (QED) is 0.619. The molecule has 1 aromatic carbocycles. The molecule has 0 spiro atoms. The van der Waals surface area contributed by atoms with Crippen LogP contribution in [-0.4, -0.2) is 30.1 Å². The van der Waals surface area contributed by atoms with Gasteiger partial charge in [-0.2, -0.15) is 0 Å². The summed E-state index contributed by atoms with van der Waals surface area (Å²) in [4.78, 5) is 23.2. The minimum absolute atomic E-state index is 0.219. The van der Waals surface area contributed by atoms with Crippen molar-refractivity contribution in [2.24, 2.45) is 11.8 Å². The zero-order valence-electron chi connectivity index (χ0n) is 11.7. The third-order valence-corrected chi connectivity index (χ3v) is 3.50. The molecule has 21 heavy (non-hydrogen) atoms. The summed E-state index contributed by atoms with van der Waals surface area (Å²) < 4.78 is 5.47. The van der Waals surface area contributed by atoms with Crippen LogP contribution in [0, 0.1) is 11.8 Å². The van der Waals surface area contributed by atoms with Gasteiger partial charge in [-0.25, -0.2) is 0 Å². The summed E-state index contributed by atoms with van der Waals surface area (Å²) in [7, 11) is 0. The smallest absolute Gasteiger partial charge is 0.307 e. The highest BCUT2D eigenvalue weighted by atomic mass is 16.5. The largest absolute Gasteiger partial charge is 0.492 e. The minimum Gasteiger partial charge on any atom is -0.492 e. The van der Waals surface area contributed by atoms with E-state index >= 15 is 0 Å². The Hall–Kier alpha value is -2.30. The second-order valence-corrected chi connectivity index (χ2v) is 4.95. The highest BCUT2D eigenvalue weighted by molar-refractivity contribution is 5.85. The van der Waals surface area contributed by atoms with Crippen molar-refractivity contribution in [2.45, 2.75) is 12.8 Å². The average molecular weight is 289 g/mol. The van der Waals surface area contributed by atoms with Crippen LogP contribution in [0.4, 0.5) is 0 Å². The molecule has 0 aromatic heterocycles. The maximum absolute atomic E-state index is 12.1. The Morgan fingerprint density at radius 1 is 1.14 bits per heavy atom. The molecule has 0 saturated carbocycles. The number of ether oxygens (including phenoxy) is 1. The van der Waals surface area contributed by atoms with Crippen LogP contribution in [-0.2, 0) is 9.59 Å². The van der Waals surface area contributed by atoms with Crippen molar-refractivity contribution in [3.8, 4) is 5.75 Å². The molecule has 2 atom stereocenters. The molecule has 0 aliphatic heterocycles. The van der Waals surface area contributed by atoms with E-state index in [-0.39, 0.29) is 5.91 Å². The lowest BCUT2D eigenvalue weighted by Crippen LogP contribution is -2.40. The second-order valence-electron chi connectivity index (χ2n) is 4.95. The van der Waals surface area contributed by atoms with Crippen LogP contribution >= 0.6 is 0 Å². The summed E-state index contributed by atoms with van der Waals surface area (Å²) in [6.45, 7) is 0.719. The molecule has 2 rings (SSSR count). The molecule has 1 aromatic rings. The Morgan fingerprint density at radius 3 is 2.48 bits per heavy atom. The molecule has 0 radical (unpaired) electrons. The first-order valence-corrected chi connectivity index (χ1v) is 7.02. The fourth-order valence-electron chi connectivity index (χ4n) is 2.37. The van der Waals surface area contributed by atoms with Crippen LogP contribution in [0.3, 0.4) is 0 Å². The van der Waals surface area contributed by atoms with Crippen LogP contribution in [0.1, 0.15) is 12.8 Å². The summed E-state index contributed by atoms with van der Waals surface area (Å²) in [5.41, 5.74) is 0. The third kappa shape index (κ3) is 4.34. The van der Waals surface area contributed by atoms with Crippen LogP contribution in [0.25, 0.3) is 0 Å². The number of rotatable bonds is 6. The number of aliphatic carboxylic acids is 1. The minimum atomic E-state index is -0.917. The summed E-state index contributed by atoms with van der Waals surface area (Å²) in [6, 6.07) is 9.33. The number of allylic oxidation sites excluding steroid dienone is 2. The standard InChI is InChI=1S/C16H19NO4/c18-15(13-8-4-5-9-14(13)16(19)20)17-10-11-21-12-6-2-1-3-7-12/h1-7,13-14H,8-11H2,(H,17,18)(H,19,20). The number of nitrogens with one attached hydrogen (secondary N) is 1. The van der Waals surface area contributed by atoms with Crippen molar-refractivity contribution in [2.75, 3.05) is 13.2 Å². The van der Waals surface area contributed by atoms with Gasteiger partial charge in [-0.3, -0.25) is 9.59 Å². The fourth-order valence-corrected chi connectivity index (χ4v) is 2.37. The van der Waals surface area contributed by atoms with Gasteiger partial charge >= 0.3 is 5.97 Å². The molecule has 1 aliphatic carbocycles. The number of amides is 1. The number of carboxylic acids is 1. The molecule has 2 unspecified atom stereocenters. The third-order valence-electron chi connectivity index (χ3n) is 3.50. The van der Waals surface area contributed by atoms with Gasteiger partial charge < -0.3 is 15.2 Å². The average Bonchev–Trinajstić information content (AvgIpc) is 2.52. The van der Waals surface area contributed by atoms with E-state index in [4.69, 9.17) is 9.84 Å². The molecule has 5 nitrogen and oxygen atoms in total. The number of benzene rings is 1. The highest BCUT2D eigenvalue weighted by Crippen LogP contribution is 2.25. The van der Waals surface area contributed by atoms with E-state index in [1.807, 2.05) is 42.5 Å². The molecule has 112 valence electrons. The monoisotopic (exact) mass is 289 g/mol. The Balaban J connectivity index is 1.76. The lowest BCUT2D eigenvalue weighted by atomic mass is 9.82. The van der Waals surface area contributed by atoms with Crippen LogP contribution < -0.4 is 10.1 Å². The summed E-state index contributed by atoms with van der Waals surface area (Å²) >= 11 is 0. The highest BCUT2D eigenvalue weighted by Gasteiger charge is 2.33. The zero-order valence-corrected chi connectivity index (χ0v) is 11.7. The number of hydrogen-bond donors (Lipinski definition) is 2. The number of carboxylic acid groups (broad SMARTS) is 1. The SMILES string of the molecule is O=C(O)C1CC=CCC1C(=O)NCCOc1ccccc1. The summed E-state index contributed by atoms with van der Waals surface area (Å²) in [6.07, 6.45) is 4.57. The first-order chi connectivity index (χ1) is 10.2. The van der Waals surface area contributed by atoms with Crippen molar-refractivity contribution in [1.82, 2.24) is 5.32 Å². The molecule has 0 heterocycles. The van der Waals surface area contributed by atoms with Crippen LogP contribution in [0.15, 0.2) is 42.5 Å². The van der Waals surface area contributed by atoms with Gasteiger partial charge in [0, 0.05) is 0 Å². The van der Waals surface area contributed by atoms with Gasteiger partial charge in [-0.15, -0.1) is 0 Å². The Kier molecular flexibility index (Phi) is 5.37. The maximum Gasteiger partial charge on any atom is 0.307 e. The van der Waals surface area contributed by atoms with E-state index in [0.717, 1.165) is 5.75 Å². The Morgan fingerprint density at radius 2 is 1.81 bits per heavy atom. The van der Waals surface area contributed by atoms with E-state index in [1.165, 1.54) is 0 Å². The van der Waals surface area contributed by atoms with Gasteiger partial charge in [-0.1, -0.05) is 30.4 Å². The first kappa shape index (κ1) is 15.1. The van der Waals surface area contributed by atoms with Crippen molar-refractivity contribution in [3.63, 3.8) is 0 Å². The summed E-state index contributed by atoms with van der Waals surface area (Å²) in [5.74, 6) is -1.52. The van der Waals surface area contributed by atoms with Gasteiger partial charge in [0.1, 0.15) is 12.4 Å².